The second-order valence-corrected chi connectivity index (χ2v) is 5.33. The van der Waals surface area contributed by atoms with Crippen molar-refractivity contribution in [1.29, 1.82) is 0 Å². The fourth-order valence-corrected chi connectivity index (χ4v) is 2.67. The summed E-state index contributed by atoms with van der Waals surface area (Å²) in [6, 6.07) is 6.67. The van der Waals surface area contributed by atoms with Gasteiger partial charge >= 0.3 is 0 Å². The molecule has 0 saturated heterocycles. The summed E-state index contributed by atoms with van der Waals surface area (Å²) in [4.78, 5) is 10.8. The van der Waals surface area contributed by atoms with Gasteiger partial charge in [-0.1, -0.05) is 10.3 Å². The number of nitroso groups, excluding NO2 is 1. The Bertz CT molecular complexity index is 843. The Kier molecular flexibility index (Phi) is 3.69. The molecular weight excluding hydrogens is 296 g/mol. The second kappa shape index (κ2) is 5.68. The van der Waals surface area contributed by atoms with Gasteiger partial charge in [0.2, 0.25) is 0 Å². The number of benzene rings is 1. The maximum absolute atomic E-state index is 10.8. The van der Waals surface area contributed by atoms with Crippen LogP contribution in [-0.4, -0.2) is 20.0 Å². The summed E-state index contributed by atoms with van der Waals surface area (Å²) >= 11 is 0. The highest BCUT2D eigenvalue weighted by molar-refractivity contribution is 5.70. The van der Waals surface area contributed by atoms with Gasteiger partial charge in [0.1, 0.15) is 18.1 Å². The first kappa shape index (κ1) is 15.0. The SMILES string of the molecule is Cc1nn(-c2ccc(O)cc2)c(-c2c(C)noc2C)c1CN=O. The van der Waals surface area contributed by atoms with Crippen molar-refractivity contribution in [3.05, 3.63) is 51.9 Å². The molecule has 0 aliphatic heterocycles. The molecule has 3 aromatic rings. The number of aromatic hydroxyl groups is 1. The van der Waals surface area contributed by atoms with E-state index in [9.17, 15) is 10.0 Å². The van der Waals surface area contributed by atoms with E-state index in [-0.39, 0.29) is 12.3 Å². The van der Waals surface area contributed by atoms with Gasteiger partial charge in [0.05, 0.1) is 28.3 Å². The molecule has 1 aromatic carbocycles. The van der Waals surface area contributed by atoms with Crippen LogP contribution >= 0.6 is 0 Å². The largest absolute Gasteiger partial charge is 0.508 e. The van der Waals surface area contributed by atoms with Gasteiger partial charge in [0.25, 0.3) is 0 Å². The van der Waals surface area contributed by atoms with E-state index in [2.05, 4.69) is 15.4 Å². The van der Waals surface area contributed by atoms with Gasteiger partial charge in [-0.05, 0) is 45.0 Å². The zero-order valence-corrected chi connectivity index (χ0v) is 13.1. The third-order valence-corrected chi connectivity index (χ3v) is 3.77. The lowest BCUT2D eigenvalue weighted by molar-refractivity contribution is 0.393. The lowest BCUT2D eigenvalue weighted by atomic mass is 10.0. The molecule has 2 heterocycles. The first-order chi connectivity index (χ1) is 11.0. The molecule has 7 nitrogen and oxygen atoms in total. The van der Waals surface area contributed by atoms with Crippen LogP contribution in [-0.2, 0) is 6.54 Å². The van der Waals surface area contributed by atoms with Gasteiger partial charge in [0.15, 0.2) is 0 Å². The van der Waals surface area contributed by atoms with E-state index < -0.39 is 0 Å². The minimum absolute atomic E-state index is 0.0172. The Labute approximate surface area is 132 Å². The fourth-order valence-electron chi connectivity index (χ4n) is 2.67. The molecule has 0 atom stereocenters. The van der Waals surface area contributed by atoms with Gasteiger partial charge in [-0.15, -0.1) is 0 Å². The van der Waals surface area contributed by atoms with Crippen molar-refractivity contribution in [2.45, 2.75) is 27.3 Å². The first-order valence-corrected chi connectivity index (χ1v) is 7.13. The Morgan fingerprint density at radius 3 is 2.43 bits per heavy atom. The summed E-state index contributed by atoms with van der Waals surface area (Å²) in [7, 11) is 0. The van der Waals surface area contributed by atoms with Gasteiger partial charge in [-0.2, -0.15) is 10.0 Å². The fraction of sp³-hybridized carbons (Fsp3) is 0.250. The number of nitrogens with zero attached hydrogens (tertiary/aromatic N) is 4. The Morgan fingerprint density at radius 2 is 1.87 bits per heavy atom. The Balaban J connectivity index is 2.30. The van der Waals surface area contributed by atoms with Crippen LogP contribution in [0.25, 0.3) is 16.9 Å². The van der Waals surface area contributed by atoms with Crippen molar-refractivity contribution in [2.75, 3.05) is 0 Å². The molecule has 0 amide bonds. The minimum atomic E-state index is 0.0172. The highest BCUT2D eigenvalue weighted by Gasteiger charge is 2.24. The van der Waals surface area contributed by atoms with Gasteiger partial charge in [-0.3, -0.25) is 0 Å². The zero-order valence-electron chi connectivity index (χ0n) is 13.1. The van der Waals surface area contributed by atoms with Crippen LogP contribution < -0.4 is 0 Å². The molecule has 3 rings (SSSR count). The summed E-state index contributed by atoms with van der Waals surface area (Å²) in [5.41, 5.74) is 4.48. The predicted molar refractivity (Wildman–Crippen MR) is 84.4 cm³/mol. The highest BCUT2D eigenvalue weighted by Crippen LogP contribution is 2.34. The summed E-state index contributed by atoms with van der Waals surface area (Å²) in [5, 5.41) is 21.0. The number of phenols is 1. The second-order valence-electron chi connectivity index (χ2n) is 5.33. The van der Waals surface area contributed by atoms with Crippen LogP contribution in [0.1, 0.15) is 22.7 Å². The van der Waals surface area contributed by atoms with E-state index >= 15 is 0 Å². The van der Waals surface area contributed by atoms with Crippen LogP contribution in [0.3, 0.4) is 0 Å². The van der Waals surface area contributed by atoms with E-state index in [1.165, 1.54) is 0 Å². The zero-order chi connectivity index (χ0) is 16.6. The lowest BCUT2D eigenvalue weighted by Crippen LogP contribution is -2.01. The molecule has 7 heteroatoms. The van der Waals surface area contributed by atoms with E-state index in [4.69, 9.17) is 4.52 Å². The molecule has 1 N–H and O–H groups in total. The molecule has 23 heavy (non-hydrogen) atoms. The van der Waals surface area contributed by atoms with E-state index in [0.717, 1.165) is 28.2 Å². The maximum Gasteiger partial charge on any atom is 0.143 e. The number of rotatable bonds is 4. The topological polar surface area (TPSA) is 93.5 Å². The number of hydrogen-bond acceptors (Lipinski definition) is 6. The normalized spacial score (nSPS) is 10.9. The van der Waals surface area contributed by atoms with E-state index in [1.807, 2.05) is 20.8 Å². The van der Waals surface area contributed by atoms with Gasteiger partial charge < -0.3 is 9.63 Å². The quantitative estimate of drug-likeness (QED) is 0.745. The average molecular weight is 312 g/mol. The highest BCUT2D eigenvalue weighted by atomic mass is 16.5. The summed E-state index contributed by atoms with van der Waals surface area (Å²) in [5.74, 6) is 0.820. The molecule has 0 aliphatic rings. The number of hydrogen-bond donors (Lipinski definition) is 1. The molecule has 0 saturated carbocycles. The smallest absolute Gasteiger partial charge is 0.143 e. The summed E-state index contributed by atoms with van der Waals surface area (Å²) < 4.78 is 6.99. The third kappa shape index (κ3) is 2.50. The molecule has 0 fully saturated rings. The van der Waals surface area contributed by atoms with E-state index in [1.54, 1.807) is 28.9 Å². The van der Waals surface area contributed by atoms with Crippen LogP contribution in [0, 0.1) is 25.7 Å². The van der Waals surface area contributed by atoms with E-state index in [0.29, 0.717) is 11.5 Å². The average Bonchev–Trinajstić information content (AvgIpc) is 3.01. The predicted octanol–water partition coefficient (Wildman–Crippen LogP) is 3.42. The van der Waals surface area contributed by atoms with Crippen molar-refractivity contribution < 1.29 is 9.63 Å². The monoisotopic (exact) mass is 312 g/mol. The Morgan fingerprint density at radius 1 is 1.17 bits per heavy atom. The lowest BCUT2D eigenvalue weighted by Gasteiger charge is -2.09. The minimum Gasteiger partial charge on any atom is -0.508 e. The van der Waals surface area contributed by atoms with Crippen molar-refractivity contribution in [2.24, 2.45) is 5.18 Å². The molecule has 0 aliphatic carbocycles. The first-order valence-electron chi connectivity index (χ1n) is 7.13. The van der Waals surface area contributed by atoms with Crippen LogP contribution in [0.15, 0.2) is 34.0 Å². The van der Waals surface area contributed by atoms with Crippen molar-refractivity contribution in [3.63, 3.8) is 0 Å². The van der Waals surface area contributed by atoms with Crippen LogP contribution in [0.2, 0.25) is 0 Å². The maximum atomic E-state index is 10.8. The van der Waals surface area contributed by atoms with Crippen LogP contribution in [0.5, 0.6) is 5.75 Å². The molecule has 118 valence electrons. The van der Waals surface area contributed by atoms with Gasteiger partial charge in [0, 0.05) is 5.56 Å². The third-order valence-electron chi connectivity index (χ3n) is 3.77. The molecule has 0 spiro atoms. The number of phenolic OH excluding ortho intramolecular Hbond substituents is 1. The standard InChI is InChI=1S/C16H16N4O3/c1-9-14(8-17-22)16(15-10(2)19-23-11(15)3)20(18-9)12-4-6-13(21)7-5-12/h4-7,21H,8H2,1-3H3. The number of aryl methyl sites for hydroxylation is 3. The van der Waals surface area contributed by atoms with Crippen molar-refractivity contribution in [1.82, 2.24) is 14.9 Å². The molecular formula is C16H16N4O3. The van der Waals surface area contributed by atoms with Crippen molar-refractivity contribution >= 4 is 0 Å². The summed E-state index contributed by atoms with van der Waals surface area (Å²) in [6.45, 7) is 5.51. The summed E-state index contributed by atoms with van der Waals surface area (Å²) in [6.07, 6.45) is 0. The molecule has 0 radical (unpaired) electrons. The number of aromatic nitrogens is 3. The Hall–Kier alpha value is -2.96. The van der Waals surface area contributed by atoms with Crippen LogP contribution in [0.4, 0.5) is 0 Å². The molecule has 0 bridgehead atoms. The van der Waals surface area contributed by atoms with Gasteiger partial charge in [-0.25, -0.2) is 4.68 Å². The molecule has 2 aromatic heterocycles. The van der Waals surface area contributed by atoms with Crippen molar-refractivity contribution in [3.8, 4) is 22.7 Å². The molecule has 0 unspecified atom stereocenters.